The lowest BCUT2D eigenvalue weighted by atomic mass is 10.4. The van der Waals surface area contributed by atoms with Crippen molar-refractivity contribution in [2.75, 3.05) is 159 Å². The van der Waals surface area contributed by atoms with Crippen molar-refractivity contribution in [2.24, 2.45) is 0 Å². The molecule has 0 bridgehead atoms. The van der Waals surface area contributed by atoms with E-state index in [1.54, 1.807) is 14.2 Å². The highest BCUT2D eigenvalue weighted by atomic mass is 32.1. The molecule has 0 N–H and O–H groups in total. The predicted molar refractivity (Wildman–Crippen MR) is 145 cm³/mol. The van der Waals surface area contributed by atoms with E-state index in [0.717, 1.165) is 31.8 Å². The highest BCUT2D eigenvalue weighted by molar-refractivity contribution is 7.80. The summed E-state index contributed by atoms with van der Waals surface area (Å²) in [5, 5.41) is 0. The molecule has 0 saturated heterocycles. The Kier molecular flexibility index (Phi) is 33.9. The molecule has 12 heteroatoms. The topological polar surface area (TPSA) is 95.5 Å². The standard InChI is InChI=1S/C25H53NO10S/c1-27-9-11-31-17-19-35-23-21-33-15-13-29-7-5-26(4-3-25-37)6-8-30-14-16-34-22-24-36-20-18-32-12-10-28-2/h37H,3-25H2,1-2H3. The second kappa shape index (κ2) is 33.9. The molecular formula is C25H53NO10S. The Balaban J connectivity index is 3.46. The van der Waals surface area contributed by atoms with Crippen LogP contribution in [0.1, 0.15) is 6.42 Å². The Morgan fingerprint density at radius 3 is 0.919 bits per heavy atom. The molecule has 0 atom stereocenters. The molecule has 0 aromatic carbocycles. The second-order valence-electron chi connectivity index (χ2n) is 7.80. The SMILES string of the molecule is COCCOCCOCCOCCOCCN(CCCS)CCOCCOCCOCCOCCOC. The lowest BCUT2D eigenvalue weighted by Crippen LogP contribution is -2.32. The van der Waals surface area contributed by atoms with Gasteiger partial charge in [0.2, 0.25) is 0 Å². The van der Waals surface area contributed by atoms with E-state index in [-0.39, 0.29) is 0 Å². The van der Waals surface area contributed by atoms with Gasteiger partial charge in [-0.1, -0.05) is 0 Å². The monoisotopic (exact) mass is 559 g/mol. The molecule has 0 aliphatic rings. The van der Waals surface area contributed by atoms with Crippen molar-refractivity contribution in [3.8, 4) is 0 Å². The van der Waals surface area contributed by atoms with Crippen LogP contribution in [0.15, 0.2) is 0 Å². The van der Waals surface area contributed by atoms with Crippen LogP contribution in [0.3, 0.4) is 0 Å². The van der Waals surface area contributed by atoms with E-state index in [9.17, 15) is 0 Å². The molecule has 0 unspecified atom stereocenters. The third kappa shape index (κ3) is 32.0. The second-order valence-corrected chi connectivity index (χ2v) is 8.25. The molecule has 11 nitrogen and oxygen atoms in total. The molecular weight excluding hydrogens is 506 g/mol. The third-order valence-corrected chi connectivity index (χ3v) is 5.15. The summed E-state index contributed by atoms with van der Waals surface area (Å²) in [5.74, 6) is 0.864. The first-order chi connectivity index (χ1) is 18.3. The Morgan fingerprint density at radius 2 is 0.649 bits per heavy atom. The summed E-state index contributed by atoms with van der Waals surface area (Å²) in [7, 11) is 3.31. The number of ether oxygens (including phenoxy) is 10. The summed E-state index contributed by atoms with van der Waals surface area (Å²) in [6.45, 7) is 13.1. The molecule has 37 heavy (non-hydrogen) atoms. The third-order valence-electron chi connectivity index (χ3n) is 4.83. The minimum Gasteiger partial charge on any atom is -0.382 e. The summed E-state index contributed by atoms with van der Waals surface area (Å²) in [5.41, 5.74) is 0. The maximum absolute atomic E-state index is 5.71. The van der Waals surface area contributed by atoms with Crippen molar-refractivity contribution in [3.63, 3.8) is 0 Å². The number of thiol groups is 1. The lowest BCUT2D eigenvalue weighted by Gasteiger charge is -2.22. The van der Waals surface area contributed by atoms with Gasteiger partial charge in [0, 0.05) is 27.3 Å². The zero-order valence-corrected chi connectivity index (χ0v) is 24.1. The molecule has 0 spiro atoms. The van der Waals surface area contributed by atoms with E-state index in [2.05, 4.69) is 17.5 Å². The summed E-state index contributed by atoms with van der Waals surface area (Å²) >= 11 is 4.32. The van der Waals surface area contributed by atoms with Crippen LogP contribution in [-0.4, -0.2) is 163 Å². The minimum absolute atomic E-state index is 0.549. The van der Waals surface area contributed by atoms with Gasteiger partial charge in [-0.3, -0.25) is 4.90 Å². The normalized spacial score (nSPS) is 11.7. The first-order valence-electron chi connectivity index (χ1n) is 13.3. The predicted octanol–water partition coefficient (Wildman–Crippen LogP) is 1.03. The lowest BCUT2D eigenvalue weighted by molar-refractivity contribution is -0.0129. The highest BCUT2D eigenvalue weighted by Crippen LogP contribution is 1.95. The van der Waals surface area contributed by atoms with Gasteiger partial charge >= 0.3 is 0 Å². The van der Waals surface area contributed by atoms with Gasteiger partial charge in [0.05, 0.1) is 119 Å². The quantitative estimate of drug-likeness (QED) is 0.0923. The van der Waals surface area contributed by atoms with Gasteiger partial charge in [0.15, 0.2) is 0 Å². The van der Waals surface area contributed by atoms with Crippen LogP contribution in [0.5, 0.6) is 0 Å². The number of methoxy groups -OCH3 is 2. The van der Waals surface area contributed by atoms with Gasteiger partial charge in [-0.25, -0.2) is 0 Å². The van der Waals surface area contributed by atoms with Crippen LogP contribution in [-0.2, 0) is 47.4 Å². The summed E-state index contributed by atoms with van der Waals surface area (Å²) in [6, 6.07) is 0. The van der Waals surface area contributed by atoms with Crippen molar-refractivity contribution >= 4 is 12.6 Å². The molecule has 0 fully saturated rings. The fourth-order valence-electron chi connectivity index (χ4n) is 2.83. The maximum Gasteiger partial charge on any atom is 0.0701 e. The molecule has 0 saturated carbocycles. The Bertz CT molecular complexity index is 384. The number of rotatable bonds is 33. The average molecular weight is 560 g/mol. The fraction of sp³-hybridized carbons (Fsp3) is 1.00. The summed E-state index contributed by atoms with van der Waals surface area (Å²) in [4.78, 5) is 2.34. The van der Waals surface area contributed by atoms with Crippen LogP contribution in [0, 0.1) is 0 Å². The summed E-state index contributed by atoms with van der Waals surface area (Å²) in [6.07, 6.45) is 1.03. The summed E-state index contributed by atoms with van der Waals surface area (Å²) < 4.78 is 53.8. The van der Waals surface area contributed by atoms with Crippen molar-refractivity contribution in [3.05, 3.63) is 0 Å². The maximum atomic E-state index is 5.71. The molecule has 0 aliphatic carbocycles. The van der Waals surface area contributed by atoms with Crippen LogP contribution >= 0.6 is 12.6 Å². The van der Waals surface area contributed by atoms with Crippen LogP contribution < -0.4 is 0 Å². The van der Waals surface area contributed by atoms with Crippen LogP contribution in [0.2, 0.25) is 0 Å². The van der Waals surface area contributed by atoms with Crippen molar-refractivity contribution in [1.82, 2.24) is 4.90 Å². The van der Waals surface area contributed by atoms with Gasteiger partial charge in [0.25, 0.3) is 0 Å². The van der Waals surface area contributed by atoms with Gasteiger partial charge in [0.1, 0.15) is 0 Å². The van der Waals surface area contributed by atoms with E-state index in [1.165, 1.54) is 0 Å². The van der Waals surface area contributed by atoms with E-state index >= 15 is 0 Å². The first kappa shape index (κ1) is 36.9. The molecule has 0 aliphatic heterocycles. The molecule has 0 aromatic heterocycles. The molecule has 0 radical (unpaired) electrons. The molecule has 0 aromatic rings. The minimum atomic E-state index is 0.549. The van der Waals surface area contributed by atoms with Crippen molar-refractivity contribution in [1.29, 1.82) is 0 Å². The van der Waals surface area contributed by atoms with E-state index in [4.69, 9.17) is 47.4 Å². The van der Waals surface area contributed by atoms with E-state index in [1.807, 2.05) is 0 Å². The molecule has 0 amide bonds. The smallest absolute Gasteiger partial charge is 0.0701 e. The Hall–Kier alpha value is -0.0900. The molecule has 0 rings (SSSR count). The van der Waals surface area contributed by atoms with Gasteiger partial charge in [-0.05, 0) is 18.7 Å². The molecule has 0 heterocycles. The average Bonchev–Trinajstić information content (AvgIpc) is 2.91. The van der Waals surface area contributed by atoms with Crippen molar-refractivity contribution < 1.29 is 47.4 Å². The highest BCUT2D eigenvalue weighted by Gasteiger charge is 2.05. The number of hydrogen-bond acceptors (Lipinski definition) is 12. The molecule has 224 valence electrons. The van der Waals surface area contributed by atoms with E-state index in [0.29, 0.717) is 119 Å². The number of nitrogens with zero attached hydrogens (tertiary/aromatic N) is 1. The van der Waals surface area contributed by atoms with Crippen LogP contribution in [0.4, 0.5) is 0 Å². The van der Waals surface area contributed by atoms with Gasteiger partial charge < -0.3 is 47.4 Å². The fourth-order valence-corrected chi connectivity index (χ4v) is 2.97. The zero-order chi connectivity index (χ0) is 26.9. The van der Waals surface area contributed by atoms with Crippen molar-refractivity contribution in [2.45, 2.75) is 6.42 Å². The van der Waals surface area contributed by atoms with Crippen LogP contribution in [0.25, 0.3) is 0 Å². The Morgan fingerprint density at radius 1 is 0.378 bits per heavy atom. The van der Waals surface area contributed by atoms with Gasteiger partial charge in [-0.2, -0.15) is 12.6 Å². The number of hydrogen-bond donors (Lipinski definition) is 1. The zero-order valence-electron chi connectivity index (χ0n) is 23.2. The van der Waals surface area contributed by atoms with E-state index < -0.39 is 0 Å². The first-order valence-corrected chi connectivity index (χ1v) is 13.9. The Labute approximate surface area is 230 Å². The largest absolute Gasteiger partial charge is 0.382 e. The van der Waals surface area contributed by atoms with Gasteiger partial charge in [-0.15, -0.1) is 0 Å².